The summed E-state index contributed by atoms with van der Waals surface area (Å²) < 4.78 is 7.21. The summed E-state index contributed by atoms with van der Waals surface area (Å²) in [4.78, 5) is 23.5. The smallest absolute Gasteiger partial charge is 0.258 e. The van der Waals surface area contributed by atoms with Gasteiger partial charge in [-0.05, 0) is 37.3 Å². The van der Waals surface area contributed by atoms with Crippen molar-refractivity contribution in [2.45, 2.75) is 19.6 Å². The lowest BCUT2D eigenvalue weighted by atomic mass is 10.2. The second-order valence-electron chi connectivity index (χ2n) is 7.00. The van der Waals surface area contributed by atoms with Gasteiger partial charge in [-0.2, -0.15) is 0 Å². The molecule has 1 aliphatic rings. The maximum absolute atomic E-state index is 12.5. The molecule has 1 fully saturated rings. The molecule has 0 unspecified atom stereocenters. The second-order valence-corrected chi connectivity index (χ2v) is 7.44. The first-order chi connectivity index (χ1) is 14.1. The third kappa shape index (κ3) is 4.75. The largest absolute Gasteiger partial charge is 0.487 e. The van der Waals surface area contributed by atoms with Crippen LogP contribution in [0, 0.1) is 0 Å². The Bertz CT molecular complexity index is 1020. The van der Waals surface area contributed by atoms with Crippen LogP contribution in [0.4, 0.5) is 5.82 Å². The van der Waals surface area contributed by atoms with Gasteiger partial charge in [0.1, 0.15) is 18.2 Å². The van der Waals surface area contributed by atoms with Crippen LogP contribution in [0.1, 0.15) is 12.6 Å². The van der Waals surface area contributed by atoms with Crippen LogP contribution >= 0.6 is 11.6 Å². The fourth-order valence-electron chi connectivity index (χ4n) is 3.26. The highest BCUT2D eigenvalue weighted by atomic mass is 35.5. The summed E-state index contributed by atoms with van der Waals surface area (Å²) in [6.45, 7) is 5.20. The molecule has 29 heavy (non-hydrogen) atoms. The van der Waals surface area contributed by atoms with E-state index < -0.39 is 0 Å². The van der Waals surface area contributed by atoms with Crippen molar-refractivity contribution in [3.8, 4) is 11.4 Å². The Kier molecular flexibility index (Phi) is 5.78. The lowest BCUT2D eigenvalue weighted by molar-refractivity contribution is 0.300. The van der Waals surface area contributed by atoms with Crippen LogP contribution in [0.2, 0.25) is 5.02 Å². The van der Waals surface area contributed by atoms with Gasteiger partial charge >= 0.3 is 0 Å². The Morgan fingerprint density at radius 2 is 2.10 bits per heavy atom. The highest BCUT2D eigenvalue weighted by Crippen LogP contribution is 2.16. The van der Waals surface area contributed by atoms with Crippen LogP contribution in [0.3, 0.4) is 0 Å². The maximum Gasteiger partial charge on any atom is 0.258 e. The zero-order valence-corrected chi connectivity index (χ0v) is 16.8. The van der Waals surface area contributed by atoms with Crippen LogP contribution < -0.4 is 20.5 Å². The Hall–Kier alpha value is -2.90. The maximum atomic E-state index is 12.5. The third-order valence-corrected chi connectivity index (χ3v) is 4.99. The van der Waals surface area contributed by atoms with Gasteiger partial charge in [0.25, 0.3) is 5.56 Å². The third-order valence-electron chi connectivity index (χ3n) is 4.77. The molecule has 4 rings (SSSR count). The molecule has 1 atom stereocenters. The summed E-state index contributed by atoms with van der Waals surface area (Å²) >= 11 is 5.83. The highest BCUT2D eigenvalue weighted by molar-refractivity contribution is 6.30. The Morgan fingerprint density at radius 3 is 2.79 bits per heavy atom. The average molecular weight is 412 g/mol. The van der Waals surface area contributed by atoms with Gasteiger partial charge < -0.3 is 15.0 Å². The minimum atomic E-state index is -0.183. The van der Waals surface area contributed by atoms with E-state index in [0.29, 0.717) is 22.5 Å². The molecule has 0 spiro atoms. The van der Waals surface area contributed by atoms with Gasteiger partial charge in [-0.1, -0.05) is 11.6 Å². The fraction of sp³-hybridized carbons (Fsp3) is 0.286. The normalized spacial score (nSPS) is 16.6. The average Bonchev–Trinajstić information content (AvgIpc) is 2.74. The summed E-state index contributed by atoms with van der Waals surface area (Å²) in [5.41, 5.74) is 1.27. The number of rotatable bonds is 5. The van der Waals surface area contributed by atoms with E-state index in [1.54, 1.807) is 41.4 Å². The van der Waals surface area contributed by atoms with Crippen molar-refractivity contribution in [2.75, 3.05) is 24.5 Å². The molecule has 8 heteroatoms. The van der Waals surface area contributed by atoms with Crippen molar-refractivity contribution in [3.63, 3.8) is 0 Å². The number of halogens is 1. The first-order valence-electron chi connectivity index (χ1n) is 9.49. The number of hydrogen-bond acceptors (Lipinski definition) is 6. The fourth-order valence-corrected chi connectivity index (χ4v) is 3.37. The lowest BCUT2D eigenvalue weighted by Gasteiger charge is -2.32. The summed E-state index contributed by atoms with van der Waals surface area (Å²) in [6, 6.07) is 11.1. The molecule has 3 aromatic rings. The molecule has 0 aliphatic carbocycles. The summed E-state index contributed by atoms with van der Waals surface area (Å²) in [5.74, 6) is 1.41. The van der Waals surface area contributed by atoms with Crippen molar-refractivity contribution in [1.82, 2.24) is 19.9 Å². The zero-order valence-electron chi connectivity index (χ0n) is 16.1. The van der Waals surface area contributed by atoms with Crippen molar-refractivity contribution < 1.29 is 4.74 Å². The van der Waals surface area contributed by atoms with Crippen molar-refractivity contribution in [1.29, 1.82) is 0 Å². The molecule has 0 aromatic carbocycles. The van der Waals surface area contributed by atoms with E-state index in [0.717, 1.165) is 31.1 Å². The Morgan fingerprint density at radius 1 is 1.21 bits per heavy atom. The number of pyridine rings is 3. The first-order valence-corrected chi connectivity index (χ1v) is 9.87. The minimum absolute atomic E-state index is 0.183. The van der Waals surface area contributed by atoms with E-state index in [2.05, 4.69) is 27.1 Å². The van der Waals surface area contributed by atoms with Crippen LogP contribution in [-0.4, -0.2) is 40.2 Å². The summed E-state index contributed by atoms with van der Waals surface area (Å²) in [5, 5.41) is 3.99. The number of anilines is 1. The molecule has 1 N–H and O–H groups in total. The van der Waals surface area contributed by atoms with E-state index in [9.17, 15) is 4.79 Å². The summed E-state index contributed by atoms with van der Waals surface area (Å²) in [6.07, 6.45) is 4.98. The van der Waals surface area contributed by atoms with Gasteiger partial charge in [0, 0.05) is 44.1 Å². The van der Waals surface area contributed by atoms with Gasteiger partial charge in [-0.3, -0.25) is 14.3 Å². The number of piperazine rings is 1. The van der Waals surface area contributed by atoms with Gasteiger partial charge in [-0.15, -0.1) is 0 Å². The number of nitrogens with one attached hydrogen (secondary N) is 1. The molecule has 1 aliphatic heterocycles. The lowest BCUT2D eigenvalue weighted by Crippen LogP contribution is -2.49. The van der Waals surface area contributed by atoms with Gasteiger partial charge in [0.05, 0.1) is 22.6 Å². The van der Waals surface area contributed by atoms with Crippen LogP contribution in [0.5, 0.6) is 5.75 Å². The van der Waals surface area contributed by atoms with Gasteiger partial charge in [-0.25, -0.2) is 4.98 Å². The molecule has 1 saturated heterocycles. The van der Waals surface area contributed by atoms with E-state index in [1.165, 1.54) is 6.07 Å². The Labute approximate surface area is 173 Å². The van der Waals surface area contributed by atoms with E-state index in [-0.39, 0.29) is 12.2 Å². The van der Waals surface area contributed by atoms with E-state index >= 15 is 0 Å². The standard InChI is InChI=1S/C21H22ClN5O2/c1-15-13-26(9-7-23-15)20-5-4-18(12-25-20)27-8-6-19(10-21(27)28)29-14-17-3-2-16(22)11-24-17/h2-6,8,10-12,15,23H,7,9,13-14H2,1H3/t15-/m0/s1. The Balaban J connectivity index is 1.44. The molecular weight excluding hydrogens is 390 g/mol. The van der Waals surface area contributed by atoms with Crippen LogP contribution in [0.15, 0.2) is 59.8 Å². The number of ether oxygens (including phenoxy) is 1. The molecule has 7 nitrogen and oxygen atoms in total. The van der Waals surface area contributed by atoms with Gasteiger partial charge in [0.2, 0.25) is 0 Å². The molecule has 150 valence electrons. The van der Waals surface area contributed by atoms with Crippen LogP contribution in [-0.2, 0) is 6.61 Å². The first kappa shape index (κ1) is 19.4. The zero-order chi connectivity index (χ0) is 20.2. The monoisotopic (exact) mass is 411 g/mol. The quantitative estimate of drug-likeness (QED) is 0.696. The number of aromatic nitrogens is 3. The SMILES string of the molecule is C[C@H]1CN(c2ccc(-n3ccc(OCc4ccc(Cl)cn4)cc3=O)cn2)CCN1. The molecule has 4 heterocycles. The molecule has 0 bridgehead atoms. The van der Waals surface area contributed by atoms with Crippen molar-refractivity contribution in [3.05, 3.63) is 76.1 Å². The topological polar surface area (TPSA) is 72.3 Å². The number of nitrogens with zero attached hydrogens (tertiary/aromatic N) is 4. The van der Waals surface area contributed by atoms with Crippen molar-refractivity contribution in [2.24, 2.45) is 0 Å². The molecule has 0 radical (unpaired) electrons. The van der Waals surface area contributed by atoms with Crippen LogP contribution in [0.25, 0.3) is 5.69 Å². The molecule has 0 amide bonds. The minimum Gasteiger partial charge on any atom is -0.487 e. The predicted octanol–water partition coefficient (Wildman–Crippen LogP) is 2.66. The molecular formula is C21H22ClN5O2. The summed E-state index contributed by atoms with van der Waals surface area (Å²) in [7, 11) is 0. The molecule has 0 saturated carbocycles. The number of hydrogen-bond donors (Lipinski definition) is 1. The van der Waals surface area contributed by atoms with E-state index in [1.807, 2.05) is 12.1 Å². The van der Waals surface area contributed by atoms with Gasteiger partial charge in [0.15, 0.2) is 0 Å². The molecule has 3 aromatic heterocycles. The predicted molar refractivity (Wildman–Crippen MR) is 113 cm³/mol. The van der Waals surface area contributed by atoms with Crippen molar-refractivity contribution >= 4 is 17.4 Å². The highest BCUT2D eigenvalue weighted by Gasteiger charge is 2.16. The second kappa shape index (κ2) is 8.63. The van der Waals surface area contributed by atoms with E-state index in [4.69, 9.17) is 16.3 Å².